The minimum atomic E-state index is -0.614. The van der Waals surface area contributed by atoms with Crippen molar-refractivity contribution in [2.45, 2.75) is 18.5 Å². The Balaban J connectivity index is 1.42. The highest BCUT2D eigenvalue weighted by atomic mass is 19.1. The van der Waals surface area contributed by atoms with Gasteiger partial charge in [-0.05, 0) is 48.9 Å². The van der Waals surface area contributed by atoms with E-state index in [-0.39, 0.29) is 34.7 Å². The number of fused-ring (bicyclic) bond motifs is 1. The summed E-state index contributed by atoms with van der Waals surface area (Å²) in [4.78, 5) is 26.2. The Kier molecular flexibility index (Phi) is 5.37. The number of hydrogen-bond donors (Lipinski definition) is 4. The molecule has 1 aliphatic heterocycles. The molecule has 1 fully saturated rings. The van der Waals surface area contributed by atoms with Crippen LogP contribution in [0, 0.1) is 5.82 Å². The van der Waals surface area contributed by atoms with Gasteiger partial charge in [0.1, 0.15) is 23.2 Å². The lowest BCUT2D eigenvalue weighted by Gasteiger charge is -2.12. The van der Waals surface area contributed by atoms with Crippen LogP contribution in [-0.2, 0) is 4.79 Å². The molecule has 1 aromatic heterocycles. The zero-order valence-corrected chi connectivity index (χ0v) is 17.3. The molecule has 0 spiro atoms. The van der Waals surface area contributed by atoms with Crippen LogP contribution in [0.2, 0.25) is 0 Å². The molecule has 2 atom stereocenters. The number of furan rings is 1. The first-order valence-corrected chi connectivity index (χ1v) is 10.4. The standard InChI is InChI=1S/C25H20FN3O4/c26-15-11-9-14(10-12-15)23(31)24-22(17-6-2-4-8-21(17)33-24)27-25(32)19-13-18(28-29-19)16-5-1-3-7-20(16)30/h1-12,18-19,28-30H,13H2,(H,27,32). The van der Waals surface area contributed by atoms with E-state index in [2.05, 4.69) is 16.2 Å². The van der Waals surface area contributed by atoms with Crippen molar-refractivity contribution < 1.29 is 23.5 Å². The number of anilines is 1. The third-order valence-corrected chi connectivity index (χ3v) is 5.69. The van der Waals surface area contributed by atoms with Crippen LogP contribution in [0.1, 0.15) is 34.1 Å². The van der Waals surface area contributed by atoms with E-state index in [1.165, 1.54) is 24.3 Å². The molecule has 166 valence electrons. The minimum absolute atomic E-state index is 0.0284. The number of nitrogens with one attached hydrogen (secondary N) is 3. The second-order valence-corrected chi connectivity index (χ2v) is 7.82. The molecule has 8 heteroatoms. The fraction of sp³-hybridized carbons (Fsp3) is 0.120. The smallest absolute Gasteiger partial charge is 0.243 e. The van der Waals surface area contributed by atoms with Gasteiger partial charge in [0.25, 0.3) is 0 Å². The van der Waals surface area contributed by atoms with E-state index >= 15 is 0 Å². The molecule has 33 heavy (non-hydrogen) atoms. The van der Waals surface area contributed by atoms with E-state index in [1.54, 1.807) is 42.5 Å². The van der Waals surface area contributed by atoms with Gasteiger partial charge in [-0.1, -0.05) is 30.3 Å². The quantitative estimate of drug-likeness (QED) is 0.346. The number of aromatic hydroxyl groups is 1. The molecule has 2 heterocycles. The normalized spacial score (nSPS) is 17.8. The summed E-state index contributed by atoms with van der Waals surface area (Å²) in [5, 5.41) is 13.5. The van der Waals surface area contributed by atoms with Gasteiger partial charge in [0.2, 0.25) is 11.7 Å². The van der Waals surface area contributed by atoms with Gasteiger partial charge in [0, 0.05) is 16.5 Å². The molecule has 0 bridgehead atoms. The van der Waals surface area contributed by atoms with Crippen LogP contribution in [0.25, 0.3) is 11.0 Å². The van der Waals surface area contributed by atoms with Gasteiger partial charge in [0.15, 0.2) is 5.76 Å². The van der Waals surface area contributed by atoms with E-state index in [1.807, 2.05) is 6.07 Å². The fourth-order valence-electron chi connectivity index (χ4n) is 3.99. The summed E-state index contributed by atoms with van der Waals surface area (Å²) in [7, 11) is 0. The Morgan fingerprint density at radius 1 is 0.970 bits per heavy atom. The van der Waals surface area contributed by atoms with E-state index < -0.39 is 17.6 Å². The molecule has 0 radical (unpaired) electrons. The Labute approximate surface area is 188 Å². The van der Waals surface area contributed by atoms with Crippen LogP contribution in [0.5, 0.6) is 5.75 Å². The van der Waals surface area contributed by atoms with Crippen LogP contribution in [0.4, 0.5) is 10.1 Å². The van der Waals surface area contributed by atoms with Crippen LogP contribution in [0.3, 0.4) is 0 Å². The average molecular weight is 445 g/mol. The number of carbonyl (C=O) groups is 2. The maximum absolute atomic E-state index is 13.3. The highest BCUT2D eigenvalue weighted by Crippen LogP contribution is 2.34. The van der Waals surface area contributed by atoms with Gasteiger partial charge in [-0.15, -0.1) is 0 Å². The number of phenolic OH excluding ortho intramolecular Hbond substituents is 1. The van der Waals surface area contributed by atoms with E-state index in [9.17, 15) is 19.1 Å². The van der Waals surface area contributed by atoms with Crippen molar-refractivity contribution >= 4 is 28.3 Å². The van der Waals surface area contributed by atoms with E-state index in [0.717, 1.165) is 0 Å². The molecule has 4 aromatic rings. The van der Waals surface area contributed by atoms with Gasteiger partial charge in [-0.2, -0.15) is 0 Å². The number of benzene rings is 3. The summed E-state index contributed by atoms with van der Waals surface area (Å²) in [6.07, 6.45) is 0.389. The zero-order chi connectivity index (χ0) is 22.9. The topological polar surface area (TPSA) is 104 Å². The predicted octanol–water partition coefficient (Wildman–Crippen LogP) is 4.05. The second-order valence-electron chi connectivity index (χ2n) is 7.82. The van der Waals surface area contributed by atoms with Crippen LogP contribution in [0.15, 0.2) is 77.2 Å². The minimum Gasteiger partial charge on any atom is -0.508 e. The van der Waals surface area contributed by atoms with Gasteiger partial charge in [0.05, 0.1) is 11.7 Å². The van der Waals surface area contributed by atoms with Gasteiger partial charge in [-0.3, -0.25) is 9.59 Å². The highest BCUT2D eigenvalue weighted by molar-refractivity contribution is 6.17. The number of carbonyl (C=O) groups excluding carboxylic acids is 2. The number of phenols is 1. The molecule has 1 aliphatic rings. The Morgan fingerprint density at radius 2 is 1.70 bits per heavy atom. The molecule has 4 N–H and O–H groups in total. The van der Waals surface area contributed by atoms with Crippen molar-refractivity contribution in [3.05, 3.63) is 95.5 Å². The monoisotopic (exact) mass is 445 g/mol. The molecular formula is C25H20FN3O4. The largest absolute Gasteiger partial charge is 0.508 e. The third-order valence-electron chi connectivity index (χ3n) is 5.69. The first-order chi connectivity index (χ1) is 16.0. The summed E-state index contributed by atoms with van der Waals surface area (Å²) >= 11 is 0. The van der Waals surface area contributed by atoms with Crippen LogP contribution in [-0.4, -0.2) is 22.8 Å². The summed E-state index contributed by atoms with van der Waals surface area (Å²) in [6, 6.07) is 18.2. The number of hydrogen-bond acceptors (Lipinski definition) is 6. The molecule has 1 amide bonds. The molecular weight excluding hydrogens is 425 g/mol. The van der Waals surface area contributed by atoms with Crippen molar-refractivity contribution in [1.82, 2.24) is 10.9 Å². The molecule has 0 saturated carbocycles. The maximum Gasteiger partial charge on any atom is 0.243 e. The Bertz CT molecular complexity index is 1350. The zero-order valence-electron chi connectivity index (χ0n) is 17.3. The van der Waals surface area contributed by atoms with Crippen LogP contribution < -0.4 is 16.2 Å². The lowest BCUT2D eigenvalue weighted by molar-refractivity contribution is -0.117. The fourth-order valence-corrected chi connectivity index (χ4v) is 3.99. The molecule has 0 aliphatic carbocycles. The lowest BCUT2D eigenvalue weighted by atomic mass is 10.0. The Hall–Kier alpha value is -4.01. The molecule has 5 rings (SSSR count). The summed E-state index contributed by atoms with van der Waals surface area (Å²) in [5.74, 6) is -1.17. The maximum atomic E-state index is 13.3. The molecule has 3 aromatic carbocycles. The predicted molar refractivity (Wildman–Crippen MR) is 120 cm³/mol. The lowest BCUT2D eigenvalue weighted by Crippen LogP contribution is -2.39. The van der Waals surface area contributed by atoms with Gasteiger partial charge in [-0.25, -0.2) is 15.2 Å². The molecule has 7 nitrogen and oxygen atoms in total. The summed E-state index contributed by atoms with van der Waals surface area (Å²) in [6.45, 7) is 0. The SMILES string of the molecule is O=C(c1ccc(F)cc1)c1oc2ccccc2c1NC(=O)C1CC(c2ccccc2O)NN1. The third kappa shape index (κ3) is 3.97. The van der Waals surface area contributed by atoms with Gasteiger partial charge >= 0.3 is 0 Å². The number of rotatable bonds is 5. The first-order valence-electron chi connectivity index (χ1n) is 10.4. The van der Waals surface area contributed by atoms with E-state index in [0.29, 0.717) is 23.0 Å². The second kappa shape index (κ2) is 8.50. The average Bonchev–Trinajstić information content (AvgIpc) is 3.45. The number of hydrazine groups is 1. The van der Waals surface area contributed by atoms with Crippen molar-refractivity contribution in [3.8, 4) is 5.75 Å². The molecule has 1 saturated heterocycles. The van der Waals surface area contributed by atoms with Crippen molar-refractivity contribution in [2.75, 3.05) is 5.32 Å². The summed E-state index contributed by atoms with van der Waals surface area (Å²) < 4.78 is 19.1. The molecule has 2 unspecified atom stereocenters. The summed E-state index contributed by atoms with van der Waals surface area (Å²) in [5.41, 5.74) is 7.61. The van der Waals surface area contributed by atoms with E-state index in [4.69, 9.17) is 4.42 Å². The van der Waals surface area contributed by atoms with Crippen molar-refractivity contribution in [3.63, 3.8) is 0 Å². The highest BCUT2D eigenvalue weighted by Gasteiger charge is 2.33. The van der Waals surface area contributed by atoms with Crippen molar-refractivity contribution in [1.29, 1.82) is 0 Å². The number of halogens is 1. The van der Waals surface area contributed by atoms with Gasteiger partial charge < -0.3 is 14.8 Å². The number of amides is 1. The first kappa shape index (κ1) is 20.9. The number of ketones is 1. The van der Waals surface area contributed by atoms with Crippen LogP contribution >= 0.6 is 0 Å². The Morgan fingerprint density at radius 3 is 2.48 bits per heavy atom. The van der Waals surface area contributed by atoms with Crippen molar-refractivity contribution in [2.24, 2.45) is 0 Å². The number of para-hydroxylation sites is 2.